The van der Waals surface area contributed by atoms with Gasteiger partial charge in [-0.3, -0.25) is 4.79 Å². The van der Waals surface area contributed by atoms with Crippen LogP contribution in [-0.4, -0.2) is 23.9 Å². The number of benzene rings is 1. The van der Waals surface area contributed by atoms with Crippen LogP contribution in [0.3, 0.4) is 0 Å². The predicted molar refractivity (Wildman–Crippen MR) is 81.4 cm³/mol. The lowest BCUT2D eigenvalue weighted by Gasteiger charge is -2.30. The Morgan fingerprint density at radius 1 is 1.16 bits per heavy atom. The van der Waals surface area contributed by atoms with Gasteiger partial charge in [-0.1, -0.05) is 51.8 Å². The zero-order valence-electron chi connectivity index (χ0n) is 13.0. The molecule has 0 N–H and O–H groups in total. The van der Waals surface area contributed by atoms with E-state index in [0.29, 0.717) is 0 Å². The fourth-order valence-corrected chi connectivity index (χ4v) is 2.05. The number of aryl methyl sites for hydroxylation is 1. The Labute approximate surface area is 117 Å². The third-order valence-electron chi connectivity index (χ3n) is 3.03. The Morgan fingerprint density at radius 3 is 2.21 bits per heavy atom. The van der Waals surface area contributed by atoms with Crippen LogP contribution in [0.15, 0.2) is 24.3 Å². The van der Waals surface area contributed by atoms with Gasteiger partial charge < -0.3 is 4.90 Å². The molecule has 0 radical (unpaired) electrons. The quantitative estimate of drug-likeness (QED) is 0.774. The van der Waals surface area contributed by atoms with Crippen LogP contribution in [0.25, 0.3) is 0 Å². The molecule has 2 nitrogen and oxygen atoms in total. The van der Waals surface area contributed by atoms with Gasteiger partial charge in [-0.2, -0.15) is 0 Å². The van der Waals surface area contributed by atoms with Crippen molar-refractivity contribution in [2.24, 2.45) is 5.41 Å². The highest BCUT2D eigenvalue weighted by atomic mass is 16.2. The number of rotatable bonds is 5. The summed E-state index contributed by atoms with van der Waals surface area (Å²) in [5, 5.41) is 0. The topological polar surface area (TPSA) is 20.3 Å². The number of amides is 1. The monoisotopic (exact) mass is 261 g/mol. The van der Waals surface area contributed by atoms with Crippen molar-refractivity contribution in [3.05, 3.63) is 35.4 Å². The maximum Gasteiger partial charge on any atom is 0.253 e. The molecule has 1 aromatic carbocycles. The van der Waals surface area contributed by atoms with Gasteiger partial charge in [0.2, 0.25) is 0 Å². The zero-order chi connectivity index (χ0) is 14.5. The summed E-state index contributed by atoms with van der Waals surface area (Å²) in [4.78, 5) is 14.6. The third kappa shape index (κ3) is 5.46. The van der Waals surface area contributed by atoms with E-state index in [1.165, 1.54) is 5.56 Å². The van der Waals surface area contributed by atoms with Crippen LogP contribution in [0.5, 0.6) is 0 Å². The third-order valence-corrected chi connectivity index (χ3v) is 3.03. The molecule has 0 aliphatic carbocycles. The summed E-state index contributed by atoms with van der Waals surface area (Å²) < 4.78 is 0. The van der Waals surface area contributed by atoms with Crippen molar-refractivity contribution < 1.29 is 4.79 Å². The molecular weight excluding hydrogens is 234 g/mol. The van der Waals surface area contributed by atoms with Crippen LogP contribution < -0.4 is 0 Å². The molecule has 0 spiro atoms. The molecule has 0 aromatic heterocycles. The maximum absolute atomic E-state index is 12.6. The Hall–Kier alpha value is -1.31. The number of carbonyl (C=O) groups is 1. The minimum absolute atomic E-state index is 0.133. The van der Waals surface area contributed by atoms with Crippen molar-refractivity contribution in [1.29, 1.82) is 0 Å². The summed E-state index contributed by atoms with van der Waals surface area (Å²) in [5.41, 5.74) is 2.12. The first kappa shape index (κ1) is 15.7. The first-order valence-corrected chi connectivity index (χ1v) is 7.19. The van der Waals surface area contributed by atoms with Crippen LogP contribution in [0.1, 0.15) is 56.5 Å². The van der Waals surface area contributed by atoms with Gasteiger partial charge in [0, 0.05) is 18.7 Å². The first-order chi connectivity index (χ1) is 8.83. The van der Waals surface area contributed by atoms with E-state index in [9.17, 15) is 4.79 Å². The number of hydrogen-bond donors (Lipinski definition) is 0. The van der Waals surface area contributed by atoms with E-state index in [-0.39, 0.29) is 11.3 Å². The molecule has 2 heteroatoms. The normalized spacial score (nSPS) is 11.4. The van der Waals surface area contributed by atoms with Gasteiger partial charge >= 0.3 is 0 Å². The second-order valence-corrected chi connectivity index (χ2v) is 6.51. The van der Waals surface area contributed by atoms with E-state index >= 15 is 0 Å². The maximum atomic E-state index is 12.6. The number of nitrogens with zero attached hydrogens (tertiary/aromatic N) is 1. The van der Waals surface area contributed by atoms with E-state index in [2.05, 4.69) is 27.7 Å². The summed E-state index contributed by atoms with van der Waals surface area (Å²) in [6, 6.07) is 7.86. The van der Waals surface area contributed by atoms with Gasteiger partial charge in [-0.05, 0) is 30.9 Å². The summed E-state index contributed by atoms with van der Waals surface area (Å²) in [6.07, 6.45) is 2.18. The molecule has 0 heterocycles. The van der Waals surface area contributed by atoms with Gasteiger partial charge in [0.25, 0.3) is 5.91 Å². The average molecular weight is 261 g/mol. The smallest absolute Gasteiger partial charge is 0.253 e. The van der Waals surface area contributed by atoms with E-state index in [1.807, 2.05) is 36.1 Å². The molecule has 0 aliphatic heterocycles. The molecule has 1 amide bonds. The zero-order valence-corrected chi connectivity index (χ0v) is 13.0. The molecule has 0 saturated carbocycles. The lowest BCUT2D eigenvalue weighted by molar-refractivity contribution is 0.0693. The van der Waals surface area contributed by atoms with Crippen LogP contribution in [0, 0.1) is 12.3 Å². The summed E-state index contributed by atoms with van der Waals surface area (Å²) in [7, 11) is 0. The Morgan fingerprint density at radius 2 is 1.74 bits per heavy atom. The summed E-state index contributed by atoms with van der Waals surface area (Å²) in [5.74, 6) is 0.156. The SMILES string of the molecule is CCCCN(CC(C)(C)C)C(=O)c1ccc(C)cc1. The number of carbonyl (C=O) groups excluding carboxylic acids is 1. The molecule has 106 valence electrons. The van der Waals surface area contributed by atoms with E-state index < -0.39 is 0 Å². The van der Waals surface area contributed by atoms with Gasteiger partial charge in [0.05, 0.1) is 0 Å². The Kier molecular flexibility index (Phi) is 5.59. The van der Waals surface area contributed by atoms with E-state index in [4.69, 9.17) is 0 Å². The lowest BCUT2D eigenvalue weighted by atomic mass is 9.95. The van der Waals surface area contributed by atoms with Gasteiger partial charge in [-0.15, -0.1) is 0 Å². The highest BCUT2D eigenvalue weighted by Crippen LogP contribution is 2.18. The number of unbranched alkanes of at least 4 members (excludes halogenated alkanes) is 1. The Balaban J connectivity index is 2.83. The molecule has 0 saturated heterocycles. The molecule has 0 atom stereocenters. The first-order valence-electron chi connectivity index (χ1n) is 7.19. The van der Waals surface area contributed by atoms with Crippen LogP contribution >= 0.6 is 0 Å². The minimum atomic E-state index is 0.133. The molecule has 0 unspecified atom stereocenters. The summed E-state index contributed by atoms with van der Waals surface area (Å²) >= 11 is 0. The largest absolute Gasteiger partial charge is 0.338 e. The van der Waals surface area contributed by atoms with Crippen molar-refractivity contribution in [1.82, 2.24) is 4.90 Å². The second kappa shape index (κ2) is 6.74. The number of hydrogen-bond acceptors (Lipinski definition) is 1. The van der Waals surface area contributed by atoms with Gasteiger partial charge in [0.1, 0.15) is 0 Å². The van der Waals surface area contributed by atoms with Gasteiger partial charge in [0.15, 0.2) is 0 Å². The molecule has 0 aliphatic rings. The minimum Gasteiger partial charge on any atom is -0.338 e. The predicted octanol–water partition coefficient (Wildman–Crippen LogP) is 4.28. The molecule has 0 fully saturated rings. The molecule has 0 bridgehead atoms. The highest BCUT2D eigenvalue weighted by molar-refractivity contribution is 5.94. The van der Waals surface area contributed by atoms with Crippen LogP contribution in [0.2, 0.25) is 0 Å². The van der Waals surface area contributed by atoms with Crippen LogP contribution in [0.4, 0.5) is 0 Å². The van der Waals surface area contributed by atoms with E-state index in [1.54, 1.807) is 0 Å². The van der Waals surface area contributed by atoms with Crippen molar-refractivity contribution in [2.75, 3.05) is 13.1 Å². The molecule has 19 heavy (non-hydrogen) atoms. The van der Waals surface area contributed by atoms with Gasteiger partial charge in [-0.25, -0.2) is 0 Å². The molecule has 1 rings (SSSR count). The second-order valence-electron chi connectivity index (χ2n) is 6.51. The van der Waals surface area contributed by atoms with Crippen molar-refractivity contribution in [3.8, 4) is 0 Å². The Bertz CT molecular complexity index is 400. The molecule has 1 aromatic rings. The lowest BCUT2D eigenvalue weighted by Crippen LogP contribution is -2.38. The summed E-state index contributed by atoms with van der Waals surface area (Å²) in [6.45, 7) is 12.4. The fraction of sp³-hybridized carbons (Fsp3) is 0.588. The standard InChI is InChI=1S/C17H27NO/c1-6-7-12-18(13-17(3,4)5)16(19)15-10-8-14(2)9-11-15/h8-11H,6-7,12-13H2,1-5H3. The van der Waals surface area contributed by atoms with Crippen molar-refractivity contribution in [2.45, 2.75) is 47.5 Å². The van der Waals surface area contributed by atoms with E-state index in [0.717, 1.165) is 31.5 Å². The van der Waals surface area contributed by atoms with Crippen molar-refractivity contribution >= 4 is 5.91 Å². The fourth-order valence-electron chi connectivity index (χ4n) is 2.05. The van der Waals surface area contributed by atoms with Crippen LogP contribution in [-0.2, 0) is 0 Å². The highest BCUT2D eigenvalue weighted by Gasteiger charge is 2.21. The molecular formula is C17H27NO. The average Bonchev–Trinajstić information content (AvgIpc) is 2.33. The van der Waals surface area contributed by atoms with Crippen molar-refractivity contribution in [3.63, 3.8) is 0 Å².